The largest absolute Gasteiger partial charge is 0.508 e. The Morgan fingerprint density at radius 1 is 1.04 bits per heavy atom. The lowest BCUT2D eigenvalue weighted by Gasteiger charge is -2.34. The van der Waals surface area contributed by atoms with Crippen LogP contribution < -0.4 is 0 Å². The molecule has 2 N–H and O–H groups in total. The van der Waals surface area contributed by atoms with Crippen LogP contribution >= 0.6 is 0 Å². The standard InChI is InChI=1S/C21H25NO3/c23-19-8-4-7-17(13-19)15-21(25)22-11-9-18(10-12-22)20(24)14-16-5-2-1-3-6-16/h1-8,13,18,20,23-24H,9-12,14-15H2/t20-/m0/s1. The smallest absolute Gasteiger partial charge is 0.226 e. The van der Waals surface area contributed by atoms with Gasteiger partial charge in [0.2, 0.25) is 5.91 Å². The summed E-state index contributed by atoms with van der Waals surface area (Å²) in [6.45, 7) is 1.38. The fraction of sp³-hybridized carbons (Fsp3) is 0.381. The second-order valence-electron chi connectivity index (χ2n) is 6.82. The van der Waals surface area contributed by atoms with E-state index < -0.39 is 0 Å². The number of hydrogen-bond donors (Lipinski definition) is 2. The molecule has 2 aromatic carbocycles. The highest BCUT2D eigenvalue weighted by atomic mass is 16.3. The molecule has 1 saturated heterocycles. The minimum absolute atomic E-state index is 0.0848. The molecule has 132 valence electrons. The summed E-state index contributed by atoms with van der Waals surface area (Å²) in [5.41, 5.74) is 1.98. The number of carbonyl (C=O) groups is 1. The third kappa shape index (κ3) is 4.83. The number of aliphatic hydroxyl groups is 1. The van der Waals surface area contributed by atoms with Gasteiger partial charge in [-0.25, -0.2) is 0 Å². The molecule has 1 amide bonds. The van der Waals surface area contributed by atoms with Gasteiger partial charge in [0.15, 0.2) is 0 Å². The maximum Gasteiger partial charge on any atom is 0.226 e. The van der Waals surface area contributed by atoms with Gasteiger partial charge in [-0.15, -0.1) is 0 Å². The number of aromatic hydroxyl groups is 1. The molecule has 3 rings (SSSR count). The second kappa shape index (κ2) is 8.17. The SMILES string of the molecule is O=C(Cc1cccc(O)c1)N1CCC([C@@H](O)Cc2ccccc2)CC1. The van der Waals surface area contributed by atoms with Crippen LogP contribution in [0.1, 0.15) is 24.0 Å². The molecule has 0 aromatic heterocycles. The summed E-state index contributed by atoms with van der Waals surface area (Å²) in [5, 5.41) is 20.0. The van der Waals surface area contributed by atoms with E-state index in [0.29, 0.717) is 25.9 Å². The van der Waals surface area contributed by atoms with Gasteiger partial charge < -0.3 is 15.1 Å². The first-order valence-corrected chi connectivity index (χ1v) is 8.89. The second-order valence-corrected chi connectivity index (χ2v) is 6.82. The van der Waals surface area contributed by atoms with Crippen molar-refractivity contribution in [2.24, 2.45) is 5.92 Å². The summed E-state index contributed by atoms with van der Waals surface area (Å²) in [6, 6.07) is 16.9. The van der Waals surface area contributed by atoms with Crippen molar-refractivity contribution in [3.05, 3.63) is 65.7 Å². The zero-order valence-corrected chi connectivity index (χ0v) is 14.3. The Morgan fingerprint density at radius 3 is 2.40 bits per heavy atom. The Morgan fingerprint density at radius 2 is 1.72 bits per heavy atom. The topological polar surface area (TPSA) is 60.8 Å². The van der Waals surface area contributed by atoms with E-state index in [1.165, 1.54) is 0 Å². The molecule has 0 saturated carbocycles. The molecule has 1 aliphatic rings. The van der Waals surface area contributed by atoms with E-state index in [1.54, 1.807) is 18.2 Å². The average Bonchev–Trinajstić information content (AvgIpc) is 2.62. The number of likely N-dealkylation sites (tertiary alicyclic amines) is 1. The molecule has 1 aliphatic heterocycles. The molecule has 1 atom stereocenters. The van der Waals surface area contributed by atoms with Crippen LogP contribution in [0.5, 0.6) is 5.75 Å². The van der Waals surface area contributed by atoms with Crippen molar-refractivity contribution < 1.29 is 15.0 Å². The van der Waals surface area contributed by atoms with E-state index in [1.807, 2.05) is 41.3 Å². The molecule has 4 nitrogen and oxygen atoms in total. The maximum atomic E-state index is 12.4. The summed E-state index contributed by atoms with van der Waals surface area (Å²) in [4.78, 5) is 14.3. The summed E-state index contributed by atoms with van der Waals surface area (Å²) in [7, 11) is 0. The van der Waals surface area contributed by atoms with Crippen LogP contribution in [0.3, 0.4) is 0 Å². The van der Waals surface area contributed by atoms with Crippen molar-refractivity contribution in [3.8, 4) is 5.75 Å². The zero-order valence-electron chi connectivity index (χ0n) is 14.3. The lowest BCUT2D eigenvalue weighted by molar-refractivity contribution is -0.132. The lowest BCUT2D eigenvalue weighted by Crippen LogP contribution is -2.42. The van der Waals surface area contributed by atoms with E-state index in [2.05, 4.69) is 0 Å². The summed E-state index contributed by atoms with van der Waals surface area (Å²) >= 11 is 0. The van der Waals surface area contributed by atoms with Gasteiger partial charge in [0, 0.05) is 13.1 Å². The highest BCUT2D eigenvalue weighted by Crippen LogP contribution is 2.24. The van der Waals surface area contributed by atoms with E-state index in [4.69, 9.17) is 0 Å². The summed E-state index contributed by atoms with van der Waals surface area (Å²) in [5.74, 6) is 0.514. The molecule has 25 heavy (non-hydrogen) atoms. The number of piperidine rings is 1. The van der Waals surface area contributed by atoms with Crippen LogP contribution in [-0.4, -0.2) is 40.2 Å². The number of nitrogens with zero attached hydrogens (tertiary/aromatic N) is 1. The Bertz CT molecular complexity index is 693. The van der Waals surface area contributed by atoms with Gasteiger partial charge in [0.25, 0.3) is 0 Å². The van der Waals surface area contributed by atoms with Gasteiger partial charge in [0.1, 0.15) is 5.75 Å². The number of carbonyl (C=O) groups excluding carboxylic acids is 1. The normalized spacial score (nSPS) is 16.6. The minimum atomic E-state index is -0.356. The molecule has 0 spiro atoms. The van der Waals surface area contributed by atoms with Crippen molar-refractivity contribution in [2.75, 3.05) is 13.1 Å². The van der Waals surface area contributed by atoms with Crippen LogP contribution in [0.4, 0.5) is 0 Å². The molecule has 0 unspecified atom stereocenters. The molecule has 1 heterocycles. The molecule has 0 bridgehead atoms. The number of aliphatic hydroxyl groups excluding tert-OH is 1. The zero-order chi connectivity index (χ0) is 17.6. The van der Waals surface area contributed by atoms with Gasteiger partial charge in [-0.2, -0.15) is 0 Å². The third-order valence-electron chi connectivity index (χ3n) is 4.99. The molecule has 4 heteroatoms. The fourth-order valence-electron chi connectivity index (χ4n) is 3.51. The van der Waals surface area contributed by atoms with Crippen molar-refractivity contribution in [2.45, 2.75) is 31.8 Å². The van der Waals surface area contributed by atoms with Crippen LogP contribution in [0.15, 0.2) is 54.6 Å². The summed E-state index contributed by atoms with van der Waals surface area (Å²) in [6.07, 6.45) is 2.29. The van der Waals surface area contributed by atoms with Crippen LogP contribution in [0, 0.1) is 5.92 Å². The van der Waals surface area contributed by atoms with E-state index in [9.17, 15) is 15.0 Å². The molecule has 0 aliphatic carbocycles. The third-order valence-corrected chi connectivity index (χ3v) is 4.99. The summed E-state index contributed by atoms with van der Waals surface area (Å²) < 4.78 is 0. The molecule has 2 aromatic rings. The predicted molar refractivity (Wildman–Crippen MR) is 97.3 cm³/mol. The Hall–Kier alpha value is -2.33. The molecule has 1 fully saturated rings. The number of benzene rings is 2. The first-order valence-electron chi connectivity index (χ1n) is 8.89. The minimum Gasteiger partial charge on any atom is -0.508 e. The van der Waals surface area contributed by atoms with Crippen molar-refractivity contribution in [1.29, 1.82) is 0 Å². The monoisotopic (exact) mass is 339 g/mol. The van der Waals surface area contributed by atoms with E-state index >= 15 is 0 Å². The number of phenols is 1. The van der Waals surface area contributed by atoms with E-state index in [-0.39, 0.29) is 23.7 Å². The Kier molecular flexibility index (Phi) is 5.71. The highest BCUT2D eigenvalue weighted by Gasteiger charge is 2.27. The Labute approximate surface area is 148 Å². The van der Waals surface area contributed by atoms with Gasteiger partial charge in [0.05, 0.1) is 12.5 Å². The molecular formula is C21H25NO3. The van der Waals surface area contributed by atoms with Gasteiger partial charge in [-0.1, -0.05) is 42.5 Å². The highest BCUT2D eigenvalue weighted by molar-refractivity contribution is 5.79. The fourth-order valence-corrected chi connectivity index (χ4v) is 3.51. The van der Waals surface area contributed by atoms with Gasteiger partial charge in [-0.3, -0.25) is 4.79 Å². The molecule has 0 radical (unpaired) electrons. The van der Waals surface area contributed by atoms with E-state index in [0.717, 1.165) is 24.0 Å². The number of amides is 1. The van der Waals surface area contributed by atoms with Crippen molar-refractivity contribution in [3.63, 3.8) is 0 Å². The van der Waals surface area contributed by atoms with Crippen LogP contribution in [0.2, 0.25) is 0 Å². The van der Waals surface area contributed by atoms with Crippen molar-refractivity contribution >= 4 is 5.91 Å². The van der Waals surface area contributed by atoms with Gasteiger partial charge in [-0.05, 0) is 48.4 Å². The molecular weight excluding hydrogens is 314 g/mol. The Balaban J connectivity index is 1.48. The predicted octanol–water partition coefficient (Wildman–Crippen LogP) is 2.78. The number of phenolic OH excluding ortho intramolecular Hbond substituents is 1. The van der Waals surface area contributed by atoms with Crippen LogP contribution in [0.25, 0.3) is 0 Å². The van der Waals surface area contributed by atoms with Gasteiger partial charge >= 0.3 is 0 Å². The lowest BCUT2D eigenvalue weighted by atomic mass is 9.88. The first kappa shape index (κ1) is 17.5. The number of hydrogen-bond acceptors (Lipinski definition) is 3. The maximum absolute atomic E-state index is 12.4. The number of rotatable bonds is 5. The van der Waals surface area contributed by atoms with Crippen molar-refractivity contribution in [1.82, 2.24) is 4.90 Å². The van der Waals surface area contributed by atoms with Crippen LogP contribution in [-0.2, 0) is 17.6 Å². The average molecular weight is 339 g/mol. The first-order chi connectivity index (χ1) is 12.1. The quantitative estimate of drug-likeness (QED) is 0.880.